The number of amides is 1. The average molecular weight is 750 g/mol. The SMILES string of the molecule is O=C(O)c1ccc(OCCOc2c(Cl)cccc2-c2cc(C(=O)NCCCCCCCCn3ccc4ccccc43)cc(-c3cccc(Cl)c3)c2)cc1. The van der Waals surface area contributed by atoms with Crippen molar-refractivity contribution in [2.24, 2.45) is 0 Å². The number of carbonyl (C=O) groups excluding carboxylic acids is 1. The predicted molar refractivity (Wildman–Crippen MR) is 214 cm³/mol. The summed E-state index contributed by atoms with van der Waals surface area (Å²) in [5, 5.41) is 14.6. The molecule has 53 heavy (non-hydrogen) atoms. The molecule has 0 bridgehead atoms. The molecule has 0 aliphatic rings. The number of aryl methyl sites for hydroxylation is 1. The minimum atomic E-state index is -0.999. The lowest BCUT2D eigenvalue weighted by atomic mass is 9.95. The molecule has 0 radical (unpaired) electrons. The van der Waals surface area contributed by atoms with Gasteiger partial charge in [-0.05, 0) is 108 Å². The highest BCUT2D eigenvalue weighted by Gasteiger charge is 2.16. The van der Waals surface area contributed by atoms with Crippen LogP contribution in [-0.4, -0.2) is 41.3 Å². The van der Waals surface area contributed by atoms with E-state index in [0.29, 0.717) is 33.7 Å². The van der Waals surface area contributed by atoms with E-state index in [1.54, 1.807) is 18.2 Å². The molecule has 6 aromatic rings. The number of unbranched alkanes of at least 4 members (excludes halogenated alkanes) is 5. The Morgan fingerprint density at radius 2 is 1.40 bits per heavy atom. The van der Waals surface area contributed by atoms with Crippen LogP contribution in [0, 0.1) is 0 Å². The summed E-state index contributed by atoms with van der Waals surface area (Å²) in [6.07, 6.45) is 8.79. The molecular formula is C44H42Cl2N2O5. The summed E-state index contributed by atoms with van der Waals surface area (Å²) in [5.41, 5.74) is 5.21. The average Bonchev–Trinajstić information content (AvgIpc) is 3.59. The summed E-state index contributed by atoms with van der Waals surface area (Å²) in [5.74, 6) is -0.155. The monoisotopic (exact) mass is 748 g/mol. The maximum absolute atomic E-state index is 13.6. The fraction of sp³-hybridized carbons (Fsp3) is 0.227. The second kappa shape index (κ2) is 18.5. The zero-order valence-electron chi connectivity index (χ0n) is 29.4. The molecule has 2 N–H and O–H groups in total. The quantitative estimate of drug-likeness (QED) is 0.0854. The molecule has 0 atom stereocenters. The van der Waals surface area contributed by atoms with E-state index in [1.165, 1.54) is 35.9 Å². The molecule has 0 aliphatic heterocycles. The Morgan fingerprint density at radius 1 is 0.660 bits per heavy atom. The Kier molecular flexibility index (Phi) is 13.1. The number of para-hydroxylation sites is 2. The topological polar surface area (TPSA) is 89.8 Å². The minimum absolute atomic E-state index is 0.152. The number of halogens is 2. The third-order valence-corrected chi connectivity index (χ3v) is 9.66. The van der Waals surface area contributed by atoms with Gasteiger partial charge < -0.3 is 24.5 Å². The maximum Gasteiger partial charge on any atom is 0.335 e. The number of nitrogens with one attached hydrogen (secondary N) is 1. The van der Waals surface area contributed by atoms with Crippen LogP contribution in [0.4, 0.5) is 0 Å². The highest BCUT2D eigenvalue weighted by molar-refractivity contribution is 6.32. The van der Waals surface area contributed by atoms with Crippen LogP contribution in [0.15, 0.2) is 121 Å². The lowest BCUT2D eigenvalue weighted by molar-refractivity contribution is 0.0696. The highest BCUT2D eigenvalue weighted by Crippen LogP contribution is 2.39. The first-order chi connectivity index (χ1) is 25.9. The second-order valence-electron chi connectivity index (χ2n) is 12.9. The number of hydrogen-bond acceptors (Lipinski definition) is 4. The molecule has 1 amide bonds. The first kappa shape index (κ1) is 37.5. The Labute approximate surface area is 320 Å². The van der Waals surface area contributed by atoms with Gasteiger partial charge in [0.25, 0.3) is 5.91 Å². The molecule has 0 spiro atoms. The summed E-state index contributed by atoms with van der Waals surface area (Å²) >= 11 is 13.0. The number of carboxylic acids is 1. The Balaban J connectivity index is 1.06. The Bertz CT molecular complexity index is 2160. The summed E-state index contributed by atoms with van der Waals surface area (Å²) < 4.78 is 14.3. The molecule has 0 aliphatic carbocycles. The number of ether oxygens (including phenoxy) is 2. The van der Waals surface area contributed by atoms with Crippen LogP contribution in [0.1, 0.15) is 59.2 Å². The zero-order valence-corrected chi connectivity index (χ0v) is 30.9. The van der Waals surface area contributed by atoms with Crippen molar-refractivity contribution in [1.29, 1.82) is 0 Å². The number of carbonyl (C=O) groups is 2. The number of fused-ring (bicyclic) bond motifs is 1. The van der Waals surface area contributed by atoms with Gasteiger partial charge in [0.2, 0.25) is 0 Å². The Morgan fingerprint density at radius 3 is 2.21 bits per heavy atom. The number of nitrogens with zero attached hydrogens (tertiary/aromatic N) is 1. The van der Waals surface area contributed by atoms with E-state index in [1.807, 2.05) is 54.6 Å². The van der Waals surface area contributed by atoms with Gasteiger partial charge in [0.05, 0.1) is 10.6 Å². The van der Waals surface area contributed by atoms with Crippen molar-refractivity contribution >= 4 is 46.0 Å². The number of rotatable bonds is 18. The molecule has 0 fully saturated rings. The highest BCUT2D eigenvalue weighted by atomic mass is 35.5. The van der Waals surface area contributed by atoms with E-state index in [4.69, 9.17) is 37.8 Å². The van der Waals surface area contributed by atoms with Gasteiger partial charge in [-0.1, -0.05) is 91.3 Å². The third kappa shape index (κ3) is 10.2. The third-order valence-electron chi connectivity index (χ3n) is 9.12. The normalized spacial score (nSPS) is 11.1. The first-order valence-corrected chi connectivity index (χ1v) is 18.7. The molecule has 272 valence electrons. The van der Waals surface area contributed by atoms with E-state index >= 15 is 0 Å². The number of aromatic nitrogens is 1. The van der Waals surface area contributed by atoms with Gasteiger partial charge in [-0.2, -0.15) is 0 Å². The summed E-state index contributed by atoms with van der Waals surface area (Å²) in [4.78, 5) is 24.7. The van der Waals surface area contributed by atoms with Gasteiger partial charge in [-0.3, -0.25) is 4.79 Å². The molecule has 0 unspecified atom stereocenters. The smallest absolute Gasteiger partial charge is 0.335 e. The van der Waals surface area contributed by atoms with Crippen LogP contribution in [0.5, 0.6) is 11.5 Å². The number of aromatic carboxylic acids is 1. The van der Waals surface area contributed by atoms with Crippen LogP contribution < -0.4 is 14.8 Å². The molecular weight excluding hydrogens is 707 g/mol. The summed E-state index contributed by atoms with van der Waals surface area (Å²) in [6.45, 7) is 2.01. The largest absolute Gasteiger partial charge is 0.490 e. The van der Waals surface area contributed by atoms with Crippen molar-refractivity contribution in [3.05, 3.63) is 143 Å². The van der Waals surface area contributed by atoms with Crippen molar-refractivity contribution in [2.75, 3.05) is 19.8 Å². The van der Waals surface area contributed by atoms with Gasteiger partial charge in [-0.15, -0.1) is 0 Å². The molecule has 7 nitrogen and oxygen atoms in total. The van der Waals surface area contributed by atoms with Gasteiger partial charge in [0.1, 0.15) is 24.7 Å². The fourth-order valence-electron chi connectivity index (χ4n) is 6.38. The summed E-state index contributed by atoms with van der Waals surface area (Å²) in [7, 11) is 0. The minimum Gasteiger partial charge on any atom is -0.490 e. The van der Waals surface area contributed by atoms with Crippen LogP contribution in [-0.2, 0) is 6.54 Å². The molecule has 0 saturated heterocycles. The Hall–Kier alpha value is -5.24. The van der Waals surface area contributed by atoms with E-state index < -0.39 is 5.97 Å². The van der Waals surface area contributed by atoms with E-state index in [-0.39, 0.29) is 24.7 Å². The molecule has 6 rings (SSSR count). The van der Waals surface area contributed by atoms with Gasteiger partial charge in [0.15, 0.2) is 0 Å². The van der Waals surface area contributed by atoms with E-state index in [9.17, 15) is 9.59 Å². The number of hydrogen-bond donors (Lipinski definition) is 2. The molecule has 1 heterocycles. The number of carboxylic acid groups (broad SMARTS) is 1. The standard InChI is InChI=1S/C44H42Cl2N2O5/c45-37-13-9-12-33(30-37)34-27-35(39-14-10-15-40(46)42(39)53-26-25-52-38-19-17-32(18-20-38)44(50)51)29-36(28-34)43(49)47-22-7-3-1-2-4-8-23-48-24-21-31-11-5-6-16-41(31)48/h5-6,9-21,24,27-30H,1-4,7-8,22-23,25-26H2,(H,47,49)(H,50,51). The van der Waals surface area contributed by atoms with E-state index in [0.717, 1.165) is 54.5 Å². The lowest BCUT2D eigenvalue weighted by Gasteiger charge is -2.16. The first-order valence-electron chi connectivity index (χ1n) is 18.0. The van der Waals surface area contributed by atoms with E-state index in [2.05, 4.69) is 46.4 Å². The second-order valence-corrected chi connectivity index (χ2v) is 13.7. The molecule has 5 aromatic carbocycles. The fourth-order valence-corrected chi connectivity index (χ4v) is 6.80. The van der Waals surface area contributed by atoms with Gasteiger partial charge >= 0.3 is 5.97 Å². The van der Waals surface area contributed by atoms with Crippen molar-refractivity contribution in [3.8, 4) is 33.8 Å². The maximum atomic E-state index is 13.6. The van der Waals surface area contributed by atoms with Crippen LogP contribution in [0.25, 0.3) is 33.2 Å². The van der Waals surface area contributed by atoms with Crippen molar-refractivity contribution in [3.63, 3.8) is 0 Å². The predicted octanol–water partition coefficient (Wildman–Crippen LogP) is 11.2. The van der Waals surface area contributed by atoms with Gasteiger partial charge in [0, 0.05) is 41.0 Å². The summed E-state index contributed by atoms with van der Waals surface area (Å²) in [6, 6.07) is 35.6. The molecule has 0 saturated carbocycles. The number of benzene rings is 5. The molecule has 9 heteroatoms. The van der Waals surface area contributed by atoms with Crippen molar-refractivity contribution in [1.82, 2.24) is 9.88 Å². The van der Waals surface area contributed by atoms with Crippen molar-refractivity contribution in [2.45, 2.75) is 45.1 Å². The van der Waals surface area contributed by atoms with Crippen LogP contribution in [0.3, 0.4) is 0 Å². The van der Waals surface area contributed by atoms with Crippen LogP contribution in [0.2, 0.25) is 10.0 Å². The van der Waals surface area contributed by atoms with Crippen LogP contribution >= 0.6 is 23.2 Å². The van der Waals surface area contributed by atoms with Gasteiger partial charge in [-0.25, -0.2) is 4.79 Å². The zero-order chi connectivity index (χ0) is 37.0. The lowest BCUT2D eigenvalue weighted by Crippen LogP contribution is -2.24. The molecule has 1 aromatic heterocycles. The van der Waals surface area contributed by atoms with Crippen molar-refractivity contribution < 1.29 is 24.2 Å².